The molecule has 30 heavy (non-hydrogen) atoms. The predicted molar refractivity (Wildman–Crippen MR) is 118 cm³/mol. The van der Waals surface area contributed by atoms with Gasteiger partial charge in [-0.3, -0.25) is 9.59 Å². The second-order valence-corrected chi connectivity index (χ2v) is 8.23. The number of carbonyl (C=O) groups is 2. The van der Waals surface area contributed by atoms with Gasteiger partial charge >= 0.3 is 0 Å². The highest BCUT2D eigenvalue weighted by atomic mass is 16.2. The molecule has 0 saturated carbocycles. The zero-order chi connectivity index (χ0) is 21.7. The lowest BCUT2D eigenvalue weighted by molar-refractivity contribution is -0.144. The Balaban J connectivity index is 1.56. The maximum Gasteiger partial charge on any atom is 0.242 e. The van der Waals surface area contributed by atoms with Gasteiger partial charge in [-0.15, -0.1) is 10.2 Å². The summed E-state index contributed by atoms with van der Waals surface area (Å²) in [4.78, 5) is 30.8. The van der Waals surface area contributed by atoms with Crippen molar-refractivity contribution < 1.29 is 9.59 Å². The average Bonchev–Trinajstić information content (AvgIpc) is 2.77. The van der Waals surface area contributed by atoms with Crippen LogP contribution in [0.3, 0.4) is 0 Å². The van der Waals surface area contributed by atoms with E-state index in [1.165, 1.54) is 0 Å². The Morgan fingerprint density at radius 1 is 0.933 bits per heavy atom. The van der Waals surface area contributed by atoms with E-state index in [-0.39, 0.29) is 30.3 Å². The topological polar surface area (TPSA) is 69.6 Å². The fraction of sp³-hybridized carbons (Fsp3) is 0.478. The molecule has 1 aliphatic rings. The molecule has 0 bridgehead atoms. The van der Waals surface area contributed by atoms with Crippen molar-refractivity contribution in [3.8, 4) is 11.3 Å². The maximum absolute atomic E-state index is 12.8. The van der Waals surface area contributed by atoms with E-state index in [1.54, 1.807) is 4.90 Å². The minimum atomic E-state index is -0.116. The number of piperazine rings is 1. The first-order valence-corrected chi connectivity index (χ1v) is 10.6. The van der Waals surface area contributed by atoms with Crippen molar-refractivity contribution in [1.29, 1.82) is 0 Å². The smallest absolute Gasteiger partial charge is 0.242 e. The Morgan fingerprint density at radius 3 is 2.13 bits per heavy atom. The minimum Gasteiger partial charge on any atom is -0.352 e. The standard InChI is InChI=1S/C23H31N5O2/c1-17(2)23(30)28(18(3)4)16-22(29)27-14-12-26(13-15-27)21-11-10-20(24-25-21)19-8-6-5-7-9-19/h5-11,17-18H,12-16H2,1-4H3. The molecule has 1 aromatic heterocycles. The van der Waals surface area contributed by atoms with Crippen LogP contribution in [0.4, 0.5) is 5.82 Å². The number of hydrogen-bond donors (Lipinski definition) is 0. The molecule has 0 unspecified atom stereocenters. The molecule has 0 atom stereocenters. The van der Waals surface area contributed by atoms with Gasteiger partial charge in [0.15, 0.2) is 5.82 Å². The van der Waals surface area contributed by atoms with Crippen LogP contribution in [0.2, 0.25) is 0 Å². The highest BCUT2D eigenvalue weighted by Crippen LogP contribution is 2.19. The van der Waals surface area contributed by atoms with Crippen LogP contribution in [0.15, 0.2) is 42.5 Å². The number of amides is 2. The first-order valence-electron chi connectivity index (χ1n) is 10.6. The second-order valence-electron chi connectivity index (χ2n) is 8.23. The Morgan fingerprint density at radius 2 is 1.60 bits per heavy atom. The SMILES string of the molecule is CC(C)C(=O)N(CC(=O)N1CCN(c2ccc(-c3ccccc3)nn2)CC1)C(C)C. The minimum absolute atomic E-state index is 0.00265. The molecule has 1 saturated heterocycles. The highest BCUT2D eigenvalue weighted by Gasteiger charge is 2.27. The van der Waals surface area contributed by atoms with Crippen molar-refractivity contribution in [1.82, 2.24) is 20.0 Å². The Kier molecular flexibility index (Phi) is 7.03. The van der Waals surface area contributed by atoms with E-state index in [0.29, 0.717) is 26.2 Å². The molecule has 1 aliphatic heterocycles. The molecule has 7 nitrogen and oxygen atoms in total. The summed E-state index contributed by atoms with van der Waals surface area (Å²) in [6.07, 6.45) is 0. The summed E-state index contributed by atoms with van der Waals surface area (Å²) >= 11 is 0. The van der Waals surface area contributed by atoms with Gasteiger partial charge in [0.25, 0.3) is 0 Å². The summed E-state index contributed by atoms with van der Waals surface area (Å²) < 4.78 is 0. The van der Waals surface area contributed by atoms with Crippen molar-refractivity contribution in [3.63, 3.8) is 0 Å². The molecule has 1 aromatic carbocycles. The lowest BCUT2D eigenvalue weighted by Gasteiger charge is -2.37. The zero-order valence-electron chi connectivity index (χ0n) is 18.3. The zero-order valence-corrected chi connectivity index (χ0v) is 18.3. The number of carbonyl (C=O) groups excluding carboxylic acids is 2. The Hall–Kier alpha value is -2.96. The van der Waals surface area contributed by atoms with Crippen LogP contribution in [0.5, 0.6) is 0 Å². The van der Waals surface area contributed by atoms with E-state index in [2.05, 4.69) is 15.1 Å². The molecular formula is C23H31N5O2. The van der Waals surface area contributed by atoms with Crippen LogP contribution in [-0.2, 0) is 9.59 Å². The van der Waals surface area contributed by atoms with Gasteiger partial charge in [-0.25, -0.2) is 0 Å². The van der Waals surface area contributed by atoms with E-state index >= 15 is 0 Å². The third kappa shape index (κ3) is 5.14. The van der Waals surface area contributed by atoms with Crippen LogP contribution in [-0.4, -0.2) is 70.6 Å². The molecule has 0 radical (unpaired) electrons. The monoisotopic (exact) mass is 409 g/mol. The van der Waals surface area contributed by atoms with Gasteiger partial charge in [-0.1, -0.05) is 44.2 Å². The largest absolute Gasteiger partial charge is 0.352 e. The van der Waals surface area contributed by atoms with Gasteiger partial charge in [0.05, 0.1) is 12.2 Å². The summed E-state index contributed by atoms with van der Waals surface area (Å²) in [6, 6.07) is 13.9. The Labute approximate surface area is 178 Å². The normalized spacial score (nSPS) is 14.3. The molecule has 3 rings (SSSR count). The molecule has 0 aliphatic carbocycles. The molecule has 0 spiro atoms. The van der Waals surface area contributed by atoms with Crippen molar-refractivity contribution >= 4 is 17.6 Å². The molecular weight excluding hydrogens is 378 g/mol. The third-order valence-corrected chi connectivity index (χ3v) is 5.38. The van der Waals surface area contributed by atoms with Crippen LogP contribution >= 0.6 is 0 Å². The van der Waals surface area contributed by atoms with E-state index in [9.17, 15) is 9.59 Å². The number of nitrogens with zero attached hydrogens (tertiary/aromatic N) is 5. The van der Waals surface area contributed by atoms with Crippen molar-refractivity contribution in [2.24, 2.45) is 5.92 Å². The second kappa shape index (κ2) is 9.69. The van der Waals surface area contributed by atoms with Gasteiger partial charge < -0.3 is 14.7 Å². The molecule has 2 aromatic rings. The van der Waals surface area contributed by atoms with Crippen LogP contribution in [0, 0.1) is 5.92 Å². The maximum atomic E-state index is 12.8. The van der Waals surface area contributed by atoms with Gasteiger partial charge in [-0.2, -0.15) is 0 Å². The fourth-order valence-electron chi connectivity index (χ4n) is 3.53. The molecule has 2 heterocycles. The molecule has 160 valence electrons. The molecule has 1 fully saturated rings. The van der Waals surface area contributed by atoms with Gasteiger partial charge in [-0.05, 0) is 26.0 Å². The molecule has 7 heteroatoms. The van der Waals surface area contributed by atoms with Crippen molar-refractivity contribution in [2.45, 2.75) is 33.7 Å². The average molecular weight is 410 g/mol. The van der Waals surface area contributed by atoms with E-state index in [4.69, 9.17) is 0 Å². The van der Waals surface area contributed by atoms with Gasteiger partial charge in [0, 0.05) is 43.7 Å². The number of rotatable bonds is 6. The van der Waals surface area contributed by atoms with E-state index in [0.717, 1.165) is 17.1 Å². The number of benzene rings is 1. The fourth-order valence-corrected chi connectivity index (χ4v) is 3.53. The predicted octanol–water partition coefficient (Wildman–Crippen LogP) is 2.69. The number of anilines is 1. The van der Waals surface area contributed by atoms with Gasteiger partial charge in [0.2, 0.25) is 11.8 Å². The first-order chi connectivity index (χ1) is 14.4. The van der Waals surface area contributed by atoms with Crippen molar-refractivity contribution in [2.75, 3.05) is 37.6 Å². The lowest BCUT2D eigenvalue weighted by atomic mass is 10.1. The van der Waals surface area contributed by atoms with Crippen LogP contribution < -0.4 is 4.90 Å². The summed E-state index contributed by atoms with van der Waals surface area (Å²) in [5, 5.41) is 8.74. The van der Waals surface area contributed by atoms with Gasteiger partial charge in [0.1, 0.15) is 0 Å². The Bertz CT molecular complexity index is 844. The van der Waals surface area contributed by atoms with E-state index < -0.39 is 0 Å². The van der Waals surface area contributed by atoms with Crippen molar-refractivity contribution in [3.05, 3.63) is 42.5 Å². The molecule has 2 amide bonds. The first kappa shape index (κ1) is 21.7. The lowest BCUT2D eigenvalue weighted by Crippen LogP contribution is -2.53. The van der Waals surface area contributed by atoms with E-state index in [1.807, 2.05) is 75.1 Å². The van der Waals surface area contributed by atoms with Crippen LogP contribution in [0.25, 0.3) is 11.3 Å². The van der Waals surface area contributed by atoms with Crippen LogP contribution in [0.1, 0.15) is 27.7 Å². The summed E-state index contributed by atoms with van der Waals surface area (Å²) in [5.74, 6) is 0.726. The molecule has 0 N–H and O–H groups in total. The highest BCUT2D eigenvalue weighted by molar-refractivity contribution is 5.86. The third-order valence-electron chi connectivity index (χ3n) is 5.38. The summed E-state index contributed by atoms with van der Waals surface area (Å²) in [7, 11) is 0. The summed E-state index contributed by atoms with van der Waals surface area (Å²) in [6.45, 7) is 10.4. The number of hydrogen-bond acceptors (Lipinski definition) is 5. The quantitative estimate of drug-likeness (QED) is 0.734. The number of aromatic nitrogens is 2. The summed E-state index contributed by atoms with van der Waals surface area (Å²) in [5.41, 5.74) is 1.88.